The molecule has 3 nitrogen and oxygen atoms in total. The summed E-state index contributed by atoms with van der Waals surface area (Å²) in [5, 5.41) is 10.7. The highest BCUT2D eigenvalue weighted by Crippen LogP contribution is 2.25. The third-order valence-electron chi connectivity index (χ3n) is 4.72. The Morgan fingerprint density at radius 1 is 0.889 bits per heavy atom. The second kappa shape index (κ2) is 9.33. The van der Waals surface area contributed by atoms with E-state index in [0.717, 1.165) is 23.3 Å². The number of benzene rings is 2. The summed E-state index contributed by atoms with van der Waals surface area (Å²) < 4.78 is 6.15. The van der Waals surface area contributed by atoms with Crippen molar-refractivity contribution in [2.45, 2.75) is 38.9 Å². The molecule has 2 aromatic carbocycles. The molecular formula is C24H27NO2. The molecule has 3 heteroatoms. The maximum absolute atomic E-state index is 10.7. The summed E-state index contributed by atoms with van der Waals surface area (Å²) in [5.41, 5.74) is 3.47. The molecule has 0 bridgehead atoms. The lowest BCUT2D eigenvalue weighted by Gasteiger charge is -2.27. The molecule has 1 aromatic heterocycles. The van der Waals surface area contributed by atoms with Crippen LogP contribution < -0.4 is 4.74 Å². The van der Waals surface area contributed by atoms with Crippen LogP contribution in [0.15, 0.2) is 79.1 Å². The number of hydrogen-bond donors (Lipinski definition) is 1. The first-order chi connectivity index (χ1) is 13.1. The highest BCUT2D eigenvalue weighted by Gasteiger charge is 2.24. The molecule has 27 heavy (non-hydrogen) atoms. The first kappa shape index (κ1) is 19.1. The van der Waals surface area contributed by atoms with Gasteiger partial charge in [-0.3, -0.25) is 4.98 Å². The molecule has 0 amide bonds. The van der Waals surface area contributed by atoms with Crippen LogP contribution in [0.4, 0.5) is 0 Å². The second-order valence-electron chi connectivity index (χ2n) is 7.18. The Morgan fingerprint density at radius 3 is 2.22 bits per heavy atom. The van der Waals surface area contributed by atoms with Crippen LogP contribution in [0.2, 0.25) is 0 Å². The zero-order chi connectivity index (χ0) is 19.1. The highest BCUT2D eigenvalue weighted by atomic mass is 16.5. The molecule has 3 rings (SSSR count). The lowest BCUT2D eigenvalue weighted by Crippen LogP contribution is -2.36. The van der Waals surface area contributed by atoms with Crippen molar-refractivity contribution in [1.82, 2.24) is 4.98 Å². The van der Waals surface area contributed by atoms with Gasteiger partial charge in [-0.1, -0.05) is 62.4 Å². The summed E-state index contributed by atoms with van der Waals surface area (Å²) in [7, 11) is 0. The van der Waals surface area contributed by atoms with Gasteiger partial charge in [0.15, 0.2) is 0 Å². The van der Waals surface area contributed by atoms with Crippen molar-refractivity contribution in [3.63, 3.8) is 0 Å². The Labute approximate surface area is 161 Å². The van der Waals surface area contributed by atoms with E-state index in [-0.39, 0.29) is 12.0 Å². The second-order valence-corrected chi connectivity index (χ2v) is 7.18. The summed E-state index contributed by atoms with van der Waals surface area (Å²) >= 11 is 0. The third kappa shape index (κ3) is 5.41. The predicted octanol–water partition coefficient (Wildman–Crippen LogP) is 5.15. The van der Waals surface area contributed by atoms with Crippen LogP contribution in [0, 0.1) is 5.92 Å². The molecule has 0 saturated heterocycles. The number of nitrogens with zero attached hydrogens (tertiary/aromatic N) is 1. The first-order valence-corrected chi connectivity index (χ1v) is 9.52. The fourth-order valence-corrected chi connectivity index (χ4v) is 3.20. The fourth-order valence-electron chi connectivity index (χ4n) is 3.20. The van der Waals surface area contributed by atoms with Crippen molar-refractivity contribution in [2.24, 2.45) is 5.92 Å². The van der Waals surface area contributed by atoms with Gasteiger partial charge in [0, 0.05) is 12.4 Å². The summed E-state index contributed by atoms with van der Waals surface area (Å²) in [4.78, 5) is 4.13. The molecule has 1 unspecified atom stereocenters. The van der Waals surface area contributed by atoms with Gasteiger partial charge in [0.2, 0.25) is 0 Å². The summed E-state index contributed by atoms with van der Waals surface area (Å²) in [6.45, 7) is 4.16. The summed E-state index contributed by atoms with van der Waals surface area (Å²) in [5.74, 6) is 0.997. The minimum Gasteiger partial charge on any atom is -0.487 e. The molecule has 1 N–H and O–H groups in total. The van der Waals surface area contributed by atoms with Gasteiger partial charge in [0.25, 0.3) is 0 Å². The van der Waals surface area contributed by atoms with Crippen LogP contribution in [-0.4, -0.2) is 22.3 Å². The van der Waals surface area contributed by atoms with Gasteiger partial charge in [-0.15, -0.1) is 0 Å². The maximum atomic E-state index is 10.7. The molecule has 3 aromatic rings. The molecule has 0 aliphatic carbocycles. The number of ether oxygens (including phenoxy) is 1. The van der Waals surface area contributed by atoms with Crippen molar-refractivity contribution in [3.8, 4) is 16.9 Å². The lowest BCUT2D eigenvalue weighted by molar-refractivity contribution is 0.00486. The molecule has 1 heterocycles. The number of aryl methyl sites for hydroxylation is 1. The van der Waals surface area contributed by atoms with Crippen molar-refractivity contribution in [3.05, 3.63) is 84.7 Å². The Morgan fingerprint density at radius 2 is 1.59 bits per heavy atom. The van der Waals surface area contributed by atoms with Crippen LogP contribution in [-0.2, 0) is 6.42 Å². The maximum Gasteiger partial charge on any atom is 0.127 e. The van der Waals surface area contributed by atoms with Crippen molar-refractivity contribution in [1.29, 1.82) is 0 Å². The highest BCUT2D eigenvalue weighted by molar-refractivity contribution is 5.63. The van der Waals surface area contributed by atoms with E-state index >= 15 is 0 Å². The molecule has 0 fully saturated rings. The molecular weight excluding hydrogens is 334 g/mol. The van der Waals surface area contributed by atoms with Crippen LogP contribution >= 0.6 is 0 Å². The van der Waals surface area contributed by atoms with Crippen molar-refractivity contribution < 1.29 is 9.84 Å². The molecule has 2 atom stereocenters. The van der Waals surface area contributed by atoms with Gasteiger partial charge in [-0.05, 0) is 53.6 Å². The summed E-state index contributed by atoms with van der Waals surface area (Å²) in [6.07, 6.45) is 4.27. The van der Waals surface area contributed by atoms with E-state index in [9.17, 15) is 5.11 Å². The van der Waals surface area contributed by atoms with Crippen molar-refractivity contribution >= 4 is 0 Å². The number of hydrogen-bond acceptors (Lipinski definition) is 3. The zero-order valence-electron chi connectivity index (χ0n) is 16.0. The number of aliphatic hydroxyl groups excluding tert-OH is 1. The molecule has 0 aliphatic heterocycles. The monoisotopic (exact) mass is 361 g/mol. The van der Waals surface area contributed by atoms with Gasteiger partial charge in [-0.25, -0.2) is 0 Å². The van der Waals surface area contributed by atoms with Gasteiger partial charge in [0.05, 0.1) is 6.10 Å². The molecule has 140 valence electrons. The van der Waals surface area contributed by atoms with E-state index in [1.165, 1.54) is 5.56 Å². The lowest BCUT2D eigenvalue weighted by atomic mass is 9.96. The molecule has 0 spiro atoms. The standard InChI is InChI=1S/C24H27NO2/c1-18(2)24(23(26)15-10-19-7-6-16-25-17-19)27-22-13-11-21(12-14-22)20-8-4-3-5-9-20/h3-9,11-14,16-18,23-24,26H,10,15H2,1-2H3/t23?,24-/m0/s1. The smallest absolute Gasteiger partial charge is 0.127 e. The van der Waals surface area contributed by atoms with Crippen LogP contribution in [0.1, 0.15) is 25.8 Å². The van der Waals surface area contributed by atoms with E-state index in [2.05, 4.69) is 43.1 Å². The van der Waals surface area contributed by atoms with Gasteiger partial charge in [-0.2, -0.15) is 0 Å². The predicted molar refractivity (Wildman–Crippen MR) is 110 cm³/mol. The van der Waals surface area contributed by atoms with Crippen LogP contribution in [0.3, 0.4) is 0 Å². The SMILES string of the molecule is CC(C)[C@H](Oc1ccc(-c2ccccc2)cc1)C(O)CCc1cccnc1. The Kier molecular flexibility index (Phi) is 6.61. The molecule has 0 aliphatic rings. The first-order valence-electron chi connectivity index (χ1n) is 9.52. The Hall–Kier alpha value is -2.65. The van der Waals surface area contributed by atoms with Gasteiger partial charge < -0.3 is 9.84 Å². The van der Waals surface area contributed by atoms with Crippen LogP contribution in [0.5, 0.6) is 5.75 Å². The third-order valence-corrected chi connectivity index (χ3v) is 4.72. The topological polar surface area (TPSA) is 42.4 Å². The zero-order valence-corrected chi connectivity index (χ0v) is 16.0. The number of pyridine rings is 1. The number of rotatable bonds is 8. The van der Waals surface area contributed by atoms with E-state index in [1.54, 1.807) is 6.20 Å². The minimum absolute atomic E-state index is 0.211. The quantitative estimate of drug-likeness (QED) is 0.604. The molecule has 0 saturated carbocycles. The van der Waals surface area contributed by atoms with E-state index in [0.29, 0.717) is 6.42 Å². The average molecular weight is 361 g/mol. The number of aromatic nitrogens is 1. The van der Waals surface area contributed by atoms with Gasteiger partial charge in [0.1, 0.15) is 11.9 Å². The van der Waals surface area contributed by atoms with E-state index < -0.39 is 6.10 Å². The normalized spacial score (nSPS) is 13.3. The van der Waals surface area contributed by atoms with E-state index in [1.807, 2.05) is 48.7 Å². The number of aliphatic hydroxyl groups is 1. The minimum atomic E-state index is -0.529. The molecule has 0 radical (unpaired) electrons. The van der Waals surface area contributed by atoms with E-state index in [4.69, 9.17) is 4.74 Å². The van der Waals surface area contributed by atoms with Gasteiger partial charge >= 0.3 is 0 Å². The Bertz CT molecular complexity index is 801. The Balaban J connectivity index is 1.63. The van der Waals surface area contributed by atoms with Crippen LogP contribution in [0.25, 0.3) is 11.1 Å². The summed E-state index contributed by atoms with van der Waals surface area (Å²) in [6, 6.07) is 22.3. The average Bonchev–Trinajstić information content (AvgIpc) is 2.72. The van der Waals surface area contributed by atoms with Crippen molar-refractivity contribution in [2.75, 3.05) is 0 Å². The largest absolute Gasteiger partial charge is 0.487 e. The fraction of sp³-hybridized carbons (Fsp3) is 0.292.